The lowest BCUT2D eigenvalue weighted by molar-refractivity contribution is -0.0230. The number of nitrogens with one attached hydrogen (secondary N) is 2. The van der Waals surface area contributed by atoms with Gasteiger partial charge in [0, 0.05) is 50.8 Å². The fraction of sp³-hybridized carbons (Fsp3) is 0.444. The Labute approximate surface area is 205 Å². The van der Waals surface area contributed by atoms with Gasteiger partial charge in [0.05, 0.1) is 23.8 Å². The number of fused-ring (bicyclic) bond motifs is 1. The third-order valence-corrected chi connectivity index (χ3v) is 6.72. The molecular formula is C27H35N3O5. The van der Waals surface area contributed by atoms with Crippen LogP contribution >= 0.6 is 0 Å². The molecule has 5 N–H and O–H groups in total. The van der Waals surface area contributed by atoms with Crippen molar-refractivity contribution in [2.24, 2.45) is 0 Å². The quantitative estimate of drug-likeness (QED) is 0.267. The number of H-pyrrole nitrogens is 1. The largest absolute Gasteiger partial charge is 0.506 e. The summed E-state index contributed by atoms with van der Waals surface area (Å²) in [5, 5.41) is 35.5. The van der Waals surface area contributed by atoms with Gasteiger partial charge in [0.25, 0.3) is 0 Å². The first kappa shape index (κ1) is 25.3. The normalized spacial score (nSPS) is 17.0. The molecule has 0 radical (unpaired) electrons. The minimum Gasteiger partial charge on any atom is -0.506 e. The van der Waals surface area contributed by atoms with Gasteiger partial charge in [-0.05, 0) is 42.5 Å². The summed E-state index contributed by atoms with van der Waals surface area (Å²) in [7, 11) is 0. The van der Waals surface area contributed by atoms with Crippen LogP contribution in [0.15, 0.2) is 59.4 Å². The van der Waals surface area contributed by atoms with Crippen LogP contribution in [0.2, 0.25) is 0 Å². The van der Waals surface area contributed by atoms with Crippen LogP contribution in [0.1, 0.15) is 36.5 Å². The van der Waals surface area contributed by atoms with Gasteiger partial charge in [-0.25, -0.2) is 0 Å². The topological polar surface area (TPSA) is 118 Å². The molecule has 1 atom stereocenters. The third-order valence-electron chi connectivity index (χ3n) is 6.72. The monoisotopic (exact) mass is 481 g/mol. The van der Waals surface area contributed by atoms with E-state index in [1.165, 1.54) is 17.7 Å². The first-order chi connectivity index (χ1) is 16.9. The van der Waals surface area contributed by atoms with Gasteiger partial charge in [0.15, 0.2) is 0 Å². The lowest BCUT2D eigenvalue weighted by Gasteiger charge is -2.38. The number of benzene rings is 2. The zero-order chi connectivity index (χ0) is 24.7. The number of aromatic nitrogens is 1. The van der Waals surface area contributed by atoms with Crippen LogP contribution in [-0.2, 0) is 11.3 Å². The van der Waals surface area contributed by atoms with E-state index >= 15 is 0 Å². The second-order valence-electron chi connectivity index (χ2n) is 9.39. The van der Waals surface area contributed by atoms with Crippen molar-refractivity contribution >= 4 is 10.9 Å². The van der Waals surface area contributed by atoms with Crippen molar-refractivity contribution in [1.82, 2.24) is 15.2 Å². The van der Waals surface area contributed by atoms with E-state index in [0.717, 1.165) is 32.7 Å². The van der Waals surface area contributed by atoms with E-state index in [2.05, 4.69) is 27.3 Å². The van der Waals surface area contributed by atoms with E-state index in [9.17, 15) is 20.1 Å². The van der Waals surface area contributed by atoms with Crippen molar-refractivity contribution in [3.63, 3.8) is 0 Å². The van der Waals surface area contributed by atoms with E-state index < -0.39 is 11.7 Å². The average molecular weight is 482 g/mol. The zero-order valence-corrected chi connectivity index (χ0v) is 19.9. The van der Waals surface area contributed by atoms with Crippen LogP contribution in [-0.4, -0.2) is 70.1 Å². The fourth-order valence-electron chi connectivity index (χ4n) is 4.63. The molecule has 8 nitrogen and oxygen atoms in total. The van der Waals surface area contributed by atoms with Crippen LogP contribution in [0.5, 0.6) is 5.75 Å². The summed E-state index contributed by atoms with van der Waals surface area (Å²) in [5.41, 5.74) is 0.985. The maximum atomic E-state index is 11.6. The van der Waals surface area contributed by atoms with Crippen LogP contribution in [0.4, 0.5) is 0 Å². The van der Waals surface area contributed by atoms with Crippen molar-refractivity contribution in [2.45, 2.75) is 37.6 Å². The highest BCUT2D eigenvalue weighted by Gasteiger charge is 2.32. The molecule has 1 saturated heterocycles. The lowest BCUT2D eigenvalue weighted by atomic mass is 9.91. The van der Waals surface area contributed by atoms with Gasteiger partial charge in [0.2, 0.25) is 5.56 Å². The SMILES string of the molecule is O=c1ccc2c([C@@H](O)CNCC3(O)CCN(CCCOCc4ccccc4)CC3)ccc(O)c2[nH]1. The van der Waals surface area contributed by atoms with Gasteiger partial charge in [-0.15, -0.1) is 0 Å². The summed E-state index contributed by atoms with van der Waals surface area (Å²) in [6.07, 6.45) is 1.46. The van der Waals surface area contributed by atoms with Crippen molar-refractivity contribution in [2.75, 3.05) is 39.3 Å². The Morgan fingerprint density at radius 1 is 1.09 bits per heavy atom. The van der Waals surface area contributed by atoms with E-state index in [4.69, 9.17) is 4.74 Å². The zero-order valence-electron chi connectivity index (χ0n) is 19.9. The number of hydrogen-bond donors (Lipinski definition) is 5. The highest BCUT2D eigenvalue weighted by molar-refractivity contribution is 5.87. The maximum Gasteiger partial charge on any atom is 0.248 e. The summed E-state index contributed by atoms with van der Waals surface area (Å²) in [6, 6.07) is 16.2. The van der Waals surface area contributed by atoms with Crippen molar-refractivity contribution in [3.8, 4) is 5.75 Å². The molecule has 1 fully saturated rings. The minimum absolute atomic E-state index is 0.0366. The molecule has 4 rings (SSSR count). The Morgan fingerprint density at radius 2 is 1.86 bits per heavy atom. The summed E-state index contributed by atoms with van der Waals surface area (Å²) >= 11 is 0. The summed E-state index contributed by atoms with van der Waals surface area (Å²) in [4.78, 5) is 16.6. The molecular weight excluding hydrogens is 446 g/mol. The number of phenols is 1. The number of aromatic hydroxyl groups is 1. The number of likely N-dealkylation sites (tertiary alicyclic amines) is 1. The van der Waals surface area contributed by atoms with Gasteiger partial charge in [-0.3, -0.25) is 4.79 Å². The Balaban J connectivity index is 1.17. The fourth-order valence-corrected chi connectivity index (χ4v) is 4.63. The second-order valence-corrected chi connectivity index (χ2v) is 9.39. The molecule has 35 heavy (non-hydrogen) atoms. The predicted octanol–water partition coefficient (Wildman–Crippen LogP) is 2.29. The minimum atomic E-state index is -0.844. The van der Waals surface area contributed by atoms with Crippen molar-refractivity contribution in [3.05, 3.63) is 76.1 Å². The van der Waals surface area contributed by atoms with E-state index in [1.54, 1.807) is 12.1 Å². The second kappa shape index (κ2) is 11.8. The number of hydrogen-bond acceptors (Lipinski definition) is 7. The number of phenolic OH excluding ortho intramolecular Hbond substituents is 1. The molecule has 3 aromatic rings. The van der Waals surface area contributed by atoms with Gasteiger partial charge in [0.1, 0.15) is 5.75 Å². The molecule has 1 aliphatic rings. The van der Waals surface area contributed by atoms with Crippen molar-refractivity contribution in [1.29, 1.82) is 0 Å². The van der Waals surface area contributed by atoms with Gasteiger partial charge in [-0.2, -0.15) is 0 Å². The molecule has 2 heterocycles. The number of rotatable bonds is 11. The Hall–Kier alpha value is -2.75. The van der Waals surface area contributed by atoms with Crippen LogP contribution in [0.3, 0.4) is 0 Å². The molecule has 0 saturated carbocycles. The smallest absolute Gasteiger partial charge is 0.248 e. The molecule has 0 bridgehead atoms. The van der Waals surface area contributed by atoms with Gasteiger partial charge < -0.3 is 35.3 Å². The Kier molecular flexibility index (Phi) is 8.54. The molecule has 188 valence electrons. The Bertz CT molecular complexity index is 1140. The molecule has 1 aromatic heterocycles. The Morgan fingerprint density at radius 3 is 2.63 bits per heavy atom. The molecule has 2 aromatic carbocycles. The first-order valence-electron chi connectivity index (χ1n) is 12.2. The van der Waals surface area contributed by atoms with Gasteiger partial charge >= 0.3 is 0 Å². The predicted molar refractivity (Wildman–Crippen MR) is 135 cm³/mol. The molecule has 0 spiro atoms. The summed E-state index contributed by atoms with van der Waals surface area (Å²) < 4.78 is 5.76. The van der Waals surface area contributed by atoms with E-state index in [0.29, 0.717) is 42.5 Å². The molecule has 0 unspecified atom stereocenters. The molecule has 1 aliphatic heterocycles. The lowest BCUT2D eigenvalue weighted by Crippen LogP contribution is -2.50. The number of aliphatic hydroxyl groups excluding tert-OH is 1. The highest BCUT2D eigenvalue weighted by atomic mass is 16.5. The third kappa shape index (κ3) is 6.90. The molecule has 8 heteroatoms. The van der Waals surface area contributed by atoms with Crippen molar-refractivity contribution < 1.29 is 20.1 Å². The highest BCUT2D eigenvalue weighted by Crippen LogP contribution is 2.29. The number of nitrogens with zero attached hydrogens (tertiary/aromatic N) is 1. The number of piperidine rings is 1. The number of aliphatic hydroxyl groups is 2. The average Bonchev–Trinajstić information content (AvgIpc) is 2.86. The maximum absolute atomic E-state index is 11.6. The van der Waals surface area contributed by atoms with Crippen LogP contribution < -0.4 is 10.9 Å². The number of aromatic amines is 1. The summed E-state index contributed by atoms with van der Waals surface area (Å²) in [6.45, 7) is 4.61. The molecule has 0 amide bonds. The van der Waals surface area contributed by atoms with E-state index in [1.807, 2.05) is 18.2 Å². The van der Waals surface area contributed by atoms with E-state index in [-0.39, 0.29) is 17.9 Å². The van der Waals surface area contributed by atoms with Gasteiger partial charge in [-0.1, -0.05) is 36.4 Å². The molecule has 0 aliphatic carbocycles. The standard InChI is InChI=1S/C27H35N3O5/c31-23-9-7-21(22-8-10-25(33)29-26(22)23)24(32)17-28-19-27(34)11-14-30(15-12-27)13-4-16-35-18-20-5-2-1-3-6-20/h1-3,5-10,24,28,31-32,34H,4,11-19H2,(H,29,33)/t24-/m0/s1. The number of ether oxygens (including phenoxy) is 1. The van der Waals surface area contributed by atoms with Crippen LogP contribution in [0, 0.1) is 0 Å². The number of pyridine rings is 1. The van der Waals surface area contributed by atoms with Crippen LogP contribution in [0.25, 0.3) is 10.9 Å². The summed E-state index contributed by atoms with van der Waals surface area (Å²) in [5.74, 6) is -0.0366. The first-order valence-corrected chi connectivity index (χ1v) is 12.2.